The third-order valence-corrected chi connectivity index (χ3v) is 27.4. The van der Waals surface area contributed by atoms with Crippen LogP contribution in [0.4, 0.5) is 0 Å². The Morgan fingerprint density at radius 1 is 0.127 bits per heavy atom. The summed E-state index contributed by atoms with van der Waals surface area (Å²) in [6, 6.07) is 174. The molecule has 29 aromatic rings. The molecule has 0 amide bonds. The van der Waals surface area contributed by atoms with Gasteiger partial charge in [-0.15, -0.1) is 0 Å². The predicted molar refractivity (Wildman–Crippen MR) is 583 cm³/mol. The van der Waals surface area contributed by atoms with Gasteiger partial charge >= 0.3 is 0 Å². The standard InChI is InChI=1S/C45H29N5.C44H28N4.C39H25N5/c1-4-15-30(16-5-1)43-46-44(31-17-6-2-7-18-31)48-45(47-43)32-19-14-22-34(29-32)50-38-26-13-11-24-36(38)42-40(50)28-27-39-41(42)35-23-10-12-25-37(35)49(39)33-20-8-3-9-21-33;1-3-14-29(15-4-1)43-44(46-38-23-10-9-22-37(38)45-43)30-16-13-19-32(26-30)48-40-25-12-8-21-34(40)36-27-35-33-20-7-11-24-39(33)47(41(35)28-42(36)48)31-17-5-2-6-18-31;1-4-14-26(15-5-1)37-40-38(27-16-6-2-7-17-27)42-39(41-37)44-32-23-13-11-21-30(32)36-34(44)25-24-33-35(36)29-20-10-12-22-31(29)43(33)28-18-8-3-9-19-28/h1-29H;1-28H;1-25H. The number of fused-ring (bicyclic) bond motifs is 21. The third kappa shape index (κ3) is 13.9. The summed E-state index contributed by atoms with van der Waals surface area (Å²) < 4.78 is 14.1. The van der Waals surface area contributed by atoms with Crippen molar-refractivity contribution < 1.29 is 0 Å². The van der Waals surface area contributed by atoms with Crippen molar-refractivity contribution in [2.75, 3.05) is 0 Å². The predicted octanol–water partition coefficient (Wildman–Crippen LogP) is 31.6. The number of hydrogen-bond donors (Lipinski definition) is 0. The van der Waals surface area contributed by atoms with Gasteiger partial charge in [0.15, 0.2) is 29.1 Å². The van der Waals surface area contributed by atoms with E-state index in [1.165, 1.54) is 97.9 Å². The van der Waals surface area contributed by atoms with Crippen LogP contribution in [0.25, 0.3) is 256 Å². The Labute approximate surface area is 814 Å². The van der Waals surface area contributed by atoms with E-state index in [1.54, 1.807) is 0 Å². The highest BCUT2D eigenvalue weighted by atomic mass is 15.2. The minimum Gasteiger partial charge on any atom is -0.309 e. The number of rotatable bonds is 13. The molecule has 0 spiro atoms. The monoisotopic (exact) mass is 1810 g/mol. The topological polar surface area (TPSA) is 133 Å². The zero-order valence-electron chi connectivity index (χ0n) is 76.6. The lowest BCUT2D eigenvalue weighted by Gasteiger charge is -2.13. The van der Waals surface area contributed by atoms with Crippen molar-refractivity contribution in [2.45, 2.75) is 0 Å². The molecule has 0 atom stereocenters. The average Bonchev–Trinajstić information content (AvgIpc) is 1.55. The van der Waals surface area contributed by atoms with E-state index in [0.717, 1.165) is 123 Å². The molecule has 0 radical (unpaired) electrons. The van der Waals surface area contributed by atoms with Crippen LogP contribution in [-0.4, -0.2) is 67.3 Å². The molecule has 0 fully saturated rings. The van der Waals surface area contributed by atoms with E-state index >= 15 is 0 Å². The average molecular weight is 1820 g/mol. The third-order valence-electron chi connectivity index (χ3n) is 27.4. The van der Waals surface area contributed by atoms with Crippen LogP contribution >= 0.6 is 0 Å². The maximum Gasteiger partial charge on any atom is 0.238 e. The summed E-state index contributed by atoms with van der Waals surface area (Å²) in [6.45, 7) is 0. The first kappa shape index (κ1) is 82.1. The van der Waals surface area contributed by atoms with E-state index in [9.17, 15) is 0 Å². The normalized spacial score (nSPS) is 11.7. The van der Waals surface area contributed by atoms with Gasteiger partial charge in [-0.1, -0.05) is 352 Å². The van der Waals surface area contributed by atoms with Gasteiger partial charge < -0.3 is 22.8 Å². The lowest BCUT2D eigenvalue weighted by molar-refractivity contribution is 0.953. The first-order valence-corrected chi connectivity index (χ1v) is 47.8. The Hall–Kier alpha value is -19.4. The number of benzene rings is 20. The lowest BCUT2D eigenvalue weighted by atomic mass is 10.0. The van der Waals surface area contributed by atoms with Crippen LogP contribution in [0, 0.1) is 0 Å². The molecule has 0 aliphatic carbocycles. The van der Waals surface area contributed by atoms with Crippen LogP contribution in [0.1, 0.15) is 0 Å². The second-order valence-corrected chi connectivity index (χ2v) is 35.6. The van der Waals surface area contributed by atoms with Crippen LogP contribution in [0.2, 0.25) is 0 Å². The van der Waals surface area contributed by atoms with Gasteiger partial charge in [-0.3, -0.25) is 4.57 Å². The highest BCUT2D eigenvalue weighted by molar-refractivity contribution is 6.31. The van der Waals surface area contributed by atoms with E-state index in [4.69, 9.17) is 39.9 Å². The molecule has 142 heavy (non-hydrogen) atoms. The van der Waals surface area contributed by atoms with Gasteiger partial charge in [0.2, 0.25) is 5.95 Å². The van der Waals surface area contributed by atoms with Crippen LogP contribution in [0.15, 0.2) is 497 Å². The quantitative estimate of drug-likeness (QED) is 0.111. The van der Waals surface area contributed by atoms with Crippen molar-refractivity contribution in [2.24, 2.45) is 0 Å². The number of para-hydroxylation sites is 11. The van der Waals surface area contributed by atoms with Gasteiger partial charge in [0.25, 0.3) is 0 Å². The molecule has 9 aromatic heterocycles. The fourth-order valence-electron chi connectivity index (χ4n) is 21.2. The SMILES string of the molecule is c1ccc(-c2nc(-c3ccccc3)nc(-c3cccc(-n4c5ccccc5c5c6c7ccccc7n(-c7ccccc7)c6ccc54)c3)n2)cc1.c1ccc(-c2nc(-c3ccccc3)nc(-n3c4ccccc4c4c5c6ccccc6n(-c6ccccc6)c5ccc43)n2)cc1.c1ccc(-c2nc3ccccc3nc2-c2cccc(-n3c4ccccc4c4cc5c6ccccc6n(-c6ccccc6)c5cc43)c2)cc1. The largest absolute Gasteiger partial charge is 0.309 e. The summed E-state index contributed by atoms with van der Waals surface area (Å²) in [4.78, 5) is 40.4. The van der Waals surface area contributed by atoms with Gasteiger partial charge in [0.05, 0.1) is 88.6 Å². The molecule has 9 heterocycles. The van der Waals surface area contributed by atoms with Crippen molar-refractivity contribution in [3.63, 3.8) is 0 Å². The van der Waals surface area contributed by atoms with Crippen LogP contribution in [0.3, 0.4) is 0 Å². The minimum absolute atomic E-state index is 0.593. The second-order valence-electron chi connectivity index (χ2n) is 35.6. The molecule has 29 rings (SSSR count). The molecule has 14 nitrogen and oxygen atoms in total. The van der Waals surface area contributed by atoms with Crippen LogP contribution in [-0.2, 0) is 0 Å². The fourth-order valence-corrected chi connectivity index (χ4v) is 21.2. The van der Waals surface area contributed by atoms with E-state index < -0.39 is 0 Å². The maximum atomic E-state index is 5.20. The van der Waals surface area contributed by atoms with Crippen LogP contribution < -0.4 is 0 Å². The second kappa shape index (κ2) is 34.4. The summed E-state index contributed by atoms with van der Waals surface area (Å²) in [5.41, 5.74) is 29.7. The molecule has 14 heteroatoms. The van der Waals surface area contributed by atoms with Gasteiger partial charge in [0, 0.05) is 132 Å². The number of aromatic nitrogens is 14. The summed E-state index contributed by atoms with van der Waals surface area (Å²) in [6.07, 6.45) is 0. The molecule has 0 aliphatic heterocycles. The lowest BCUT2D eigenvalue weighted by Crippen LogP contribution is -2.06. The van der Waals surface area contributed by atoms with Crippen molar-refractivity contribution in [3.05, 3.63) is 497 Å². The van der Waals surface area contributed by atoms with E-state index in [2.05, 4.69) is 373 Å². The molecular formula is C128H82N14. The van der Waals surface area contributed by atoms with E-state index in [-0.39, 0.29) is 0 Å². The minimum atomic E-state index is 0.593. The van der Waals surface area contributed by atoms with Crippen LogP contribution in [0.5, 0.6) is 0 Å². The number of nitrogens with zero attached hydrogens (tertiary/aromatic N) is 14. The first-order valence-electron chi connectivity index (χ1n) is 47.8. The highest BCUT2D eigenvalue weighted by Crippen LogP contribution is 2.48. The van der Waals surface area contributed by atoms with E-state index in [0.29, 0.717) is 35.1 Å². The smallest absolute Gasteiger partial charge is 0.238 e. The van der Waals surface area contributed by atoms with Crippen molar-refractivity contribution >= 4 is 142 Å². The Balaban J connectivity index is 0.000000107. The molecule has 0 unspecified atom stereocenters. The van der Waals surface area contributed by atoms with Gasteiger partial charge in [-0.2, -0.15) is 9.97 Å². The molecule has 0 aliphatic rings. The Bertz CT molecular complexity index is 9850. The summed E-state index contributed by atoms with van der Waals surface area (Å²) >= 11 is 0. The molecule has 0 N–H and O–H groups in total. The first-order chi connectivity index (χ1) is 70.5. The van der Waals surface area contributed by atoms with E-state index in [1.807, 2.05) is 152 Å². The zero-order valence-corrected chi connectivity index (χ0v) is 76.6. The highest BCUT2D eigenvalue weighted by Gasteiger charge is 2.28. The molecule has 20 aromatic carbocycles. The molecule has 0 bridgehead atoms. The van der Waals surface area contributed by atoms with Crippen molar-refractivity contribution in [1.29, 1.82) is 0 Å². The Morgan fingerprint density at radius 2 is 0.366 bits per heavy atom. The number of hydrogen-bond acceptors (Lipinski definition) is 8. The van der Waals surface area contributed by atoms with Gasteiger partial charge in [0.1, 0.15) is 0 Å². The fraction of sp³-hybridized carbons (Fsp3) is 0. The molecule has 664 valence electrons. The van der Waals surface area contributed by atoms with Crippen molar-refractivity contribution in [3.8, 4) is 114 Å². The molecular weight excluding hydrogens is 1730 g/mol. The van der Waals surface area contributed by atoms with Crippen molar-refractivity contribution in [1.82, 2.24) is 67.3 Å². The maximum absolute atomic E-state index is 5.20. The molecule has 0 saturated heterocycles. The summed E-state index contributed by atoms with van der Waals surface area (Å²) in [5, 5.41) is 14.7. The summed E-state index contributed by atoms with van der Waals surface area (Å²) in [7, 11) is 0. The Kier molecular flexibility index (Phi) is 19.9. The van der Waals surface area contributed by atoms with Gasteiger partial charge in [-0.05, 0) is 146 Å². The van der Waals surface area contributed by atoms with Gasteiger partial charge in [-0.25, -0.2) is 29.9 Å². The molecule has 0 saturated carbocycles. The summed E-state index contributed by atoms with van der Waals surface area (Å²) in [5.74, 6) is 3.80. The zero-order chi connectivity index (χ0) is 93.7. The Morgan fingerprint density at radius 3 is 0.739 bits per heavy atom.